The quantitative estimate of drug-likeness (QED) is 0.104. The van der Waals surface area contributed by atoms with E-state index in [9.17, 15) is 23.1 Å². The van der Waals surface area contributed by atoms with Crippen molar-refractivity contribution in [3.05, 3.63) is 106 Å². The molecule has 2 atom stereocenters. The first-order chi connectivity index (χ1) is 25.7. The number of ether oxygens (including phenoxy) is 2. The van der Waals surface area contributed by atoms with Crippen molar-refractivity contribution in [2.24, 2.45) is 0 Å². The third kappa shape index (κ3) is 8.81. The number of hydrogen-bond acceptors (Lipinski definition) is 6. The average molecular weight is 809 g/mol. The Hall–Kier alpha value is -3.48. The Labute approximate surface area is 328 Å². The van der Waals surface area contributed by atoms with Crippen molar-refractivity contribution in [1.29, 1.82) is 0 Å². The average Bonchev–Trinajstić information content (AvgIpc) is 3.97. The lowest BCUT2D eigenvalue weighted by Crippen LogP contribution is -2.64. The van der Waals surface area contributed by atoms with Crippen LogP contribution in [0.15, 0.2) is 66.2 Å². The Morgan fingerprint density at radius 1 is 0.944 bits per heavy atom. The molecule has 1 saturated heterocycles. The molecule has 14 heteroatoms. The second-order valence-corrected chi connectivity index (χ2v) is 16.7. The van der Waals surface area contributed by atoms with Crippen LogP contribution < -0.4 is 10.1 Å². The zero-order valence-corrected chi connectivity index (χ0v) is 32.3. The van der Waals surface area contributed by atoms with Crippen LogP contribution in [0.5, 0.6) is 5.75 Å². The van der Waals surface area contributed by atoms with Crippen molar-refractivity contribution in [2.45, 2.75) is 86.4 Å². The van der Waals surface area contributed by atoms with Crippen LogP contribution in [-0.4, -0.2) is 80.7 Å². The van der Waals surface area contributed by atoms with Gasteiger partial charge in [0, 0.05) is 37.9 Å². The molecule has 2 aliphatic heterocycles. The molecule has 0 spiro atoms. The maximum atomic E-state index is 15.0. The molecule has 54 heavy (non-hydrogen) atoms. The summed E-state index contributed by atoms with van der Waals surface area (Å²) in [5.74, 6) is -4.44. The van der Waals surface area contributed by atoms with E-state index < -0.39 is 44.7 Å². The third-order valence-corrected chi connectivity index (χ3v) is 11.6. The summed E-state index contributed by atoms with van der Waals surface area (Å²) < 4.78 is 50.8. The number of hydrogen-bond donors (Lipinski definition) is 2. The van der Waals surface area contributed by atoms with Crippen molar-refractivity contribution in [2.75, 3.05) is 26.3 Å². The van der Waals surface area contributed by atoms with Crippen LogP contribution >= 0.6 is 34.8 Å². The summed E-state index contributed by atoms with van der Waals surface area (Å²) in [6.07, 6.45) is 2.75. The van der Waals surface area contributed by atoms with E-state index in [1.54, 1.807) is 4.90 Å². The van der Waals surface area contributed by atoms with Gasteiger partial charge in [-0.05, 0) is 92.3 Å². The van der Waals surface area contributed by atoms with E-state index in [1.807, 2.05) is 53.4 Å². The normalized spacial score (nSPS) is 18.8. The zero-order valence-electron chi connectivity index (χ0n) is 30.0. The minimum Gasteiger partial charge on any atom is -0.488 e. The number of rotatable bonds is 13. The van der Waals surface area contributed by atoms with Gasteiger partial charge in [-0.2, -0.15) is 4.39 Å². The number of benzene rings is 3. The number of halogens is 6. The van der Waals surface area contributed by atoms with Gasteiger partial charge in [-0.3, -0.25) is 9.69 Å². The molecular weight excluding hydrogens is 766 g/mol. The lowest BCUT2D eigenvalue weighted by atomic mass is 9.81. The van der Waals surface area contributed by atoms with Gasteiger partial charge in [0.15, 0.2) is 23.0 Å². The fraction of sp³-hybridized carbons (Fsp3) is 0.450. The molecule has 2 unspecified atom stereocenters. The number of nitrogens with zero attached hydrogens (tertiary/aromatic N) is 2. The highest BCUT2D eigenvalue weighted by Gasteiger charge is 2.50. The molecule has 2 fully saturated rings. The van der Waals surface area contributed by atoms with Gasteiger partial charge in [0.2, 0.25) is 9.61 Å². The predicted octanol–water partition coefficient (Wildman–Crippen LogP) is 7.93. The maximum Gasteiger partial charge on any atom is 0.411 e. The molecule has 6 rings (SSSR count). The molecule has 3 aromatic rings. The molecule has 2 bridgehead atoms. The number of aliphatic hydroxyl groups is 1. The summed E-state index contributed by atoms with van der Waals surface area (Å²) in [5.41, 5.74) is 3.49. The molecule has 8 nitrogen and oxygen atoms in total. The van der Waals surface area contributed by atoms with Gasteiger partial charge in [0.25, 0.3) is 5.91 Å². The van der Waals surface area contributed by atoms with Crippen LogP contribution in [0.25, 0.3) is 5.57 Å². The molecule has 0 aromatic heterocycles. The van der Waals surface area contributed by atoms with Crippen molar-refractivity contribution in [1.82, 2.24) is 15.1 Å². The van der Waals surface area contributed by atoms with Gasteiger partial charge in [-0.25, -0.2) is 13.6 Å². The lowest BCUT2D eigenvalue weighted by molar-refractivity contribution is -0.129. The summed E-state index contributed by atoms with van der Waals surface area (Å²) in [7, 11) is 0. The SMILES string of the molecule is CC(C)(OC(=O)N1C2CNCC1C(C(=O)N(Cc1ccccc1CCO)C1CC1)=C(c1ccc(CCCOc3c(F)ccc(F)c3F)cc1)C2)C(Cl)(Cl)Cl. The number of aliphatic hydroxyl groups excluding tert-OH is 1. The van der Waals surface area contributed by atoms with Gasteiger partial charge in [-0.1, -0.05) is 83.3 Å². The number of piperazine rings is 1. The van der Waals surface area contributed by atoms with Gasteiger partial charge in [-0.15, -0.1) is 0 Å². The Kier molecular flexibility index (Phi) is 12.4. The van der Waals surface area contributed by atoms with Crippen LogP contribution in [0.1, 0.15) is 61.8 Å². The fourth-order valence-electron chi connectivity index (χ4n) is 7.08. The summed E-state index contributed by atoms with van der Waals surface area (Å²) >= 11 is 18.6. The molecular formula is C40H43Cl3F3N3O5. The molecule has 2 N–H and O–H groups in total. The maximum absolute atomic E-state index is 15.0. The van der Waals surface area contributed by atoms with E-state index in [0.29, 0.717) is 57.0 Å². The number of carbonyl (C=O) groups is 2. The highest BCUT2D eigenvalue weighted by Crippen LogP contribution is 2.43. The van der Waals surface area contributed by atoms with Gasteiger partial charge >= 0.3 is 6.09 Å². The van der Waals surface area contributed by atoms with Crippen LogP contribution in [-0.2, 0) is 28.9 Å². The minimum absolute atomic E-state index is 0.0188. The van der Waals surface area contributed by atoms with E-state index in [-0.39, 0.29) is 31.2 Å². The molecule has 2 heterocycles. The summed E-state index contributed by atoms with van der Waals surface area (Å²) in [5, 5.41) is 13.1. The number of alkyl halides is 3. The Bertz CT molecular complexity index is 1880. The standard InChI is InChI=1S/C40H43Cl3F3N3O5/c1-39(2,40(41,42)43)54-38(52)49-29-20-30(26-11-9-24(10-12-26)6-5-19-53-36-32(45)16-15-31(44)35(36)46)34(33(49)22-47-21-29)37(51)48(28-13-14-28)23-27-8-4-3-7-25(27)17-18-50/h3-4,7-12,15-16,28-29,33,47,50H,5-6,13-14,17-23H2,1-2H3. The molecule has 0 radical (unpaired) electrons. The van der Waals surface area contributed by atoms with E-state index in [4.69, 9.17) is 44.3 Å². The van der Waals surface area contributed by atoms with Crippen molar-refractivity contribution >= 4 is 52.4 Å². The second-order valence-electron chi connectivity index (χ2n) is 14.4. The summed E-state index contributed by atoms with van der Waals surface area (Å²) in [6.45, 7) is 4.09. The van der Waals surface area contributed by atoms with E-state index >= 15 is 4.79 Å². The van der Waals surface area contributed by atoms with Crippen LogP contribution in [0.3, 0.4) is 0 Å². The van der Waals surface area contributed by atoms with Crippen LogP contribution in [0.2, 0.25) is 0 Å². The second kappa shape index (κ2) is 16.7. The van der Waals surface area contributed by atoms with Crippen LogP contribution in [0.4, 0.5) is 18.0 Å². The molecule has 1 saturated carbocycles. The van der Waals surface area contributed by atoms with Crippen LogP contribution in [0, 0.1) is 17.5 Å². The molecule has 3 aliphatic rings. The van der Waals surface area contributed by atoms with E-state index in [2.05, 4.69) is 5.32 Å². The zero-order chi connectivity index (χ0) is 38.8. The molecule has 290 valence electrons. The first-order valence-corrected chi connectivity index (χ1v) is 19.2. The number of carbonyl (C=O) groups excluding carboxylic acids is 2. The largest absolute Gasteiger partial charge is 0.488 e. The Morgan fingerprint density at radius 2 is 1.63 bits per heavy atom. The fourth-order valence-corrected chi connectivity index (χ4v) is 7.19. The Morgan fingerprint density at radius 3 is 2.30 bits per heavy atom. The van der Waals surface area contributed by atoms with Gasteiger partial charge in [0.1, 0.15) is 0 Å². The first-order valence-electron chi connectivity index (χ1n) is 18.1. The van der Waals surface area contributed by atoms with Crippen molar-refractivity contribution in [3.63, 3.8) is 0 Å². The number of amides is 2. The number of nitrogens with one attached hydrogen (secondary N) is 1. The predicted molar refractivity (Wildman–Crippen MR) is 202 cm³/mol. The smallest absolute Gasteiger partial charge is 0.411 e. The molecule has 3 aromatic carbocycles. The first kappa shape index (κ1) is 40.2. The molecule has 2 amide bonds. The summed E-state index contributed by atoms with van der Waals surface area (Å²) in [6, 6.07) is 16.0. The minimum atomic E-state index is -1.91. The van der Waals surface area contributed by atoms with Crippen molar-refractivity contribution in [3.8, 4) is 5.75 Å². The summed E-state index contributed by atoms with van der Waals surface area (Å²) in [4.78, 5) is 32.5. The molecule has 1 aliphatic carbocycles. The topological polar surface area (TPSA) is 91.3 Å². The number of aryl methyl sites for hydroxylation is 1. The number of fused-ring (bicyclic) bond motifs is 2. The Balaban J connectivity index is 1.30. The van der Waals surface area contributed by atoms with Gasteiger partial charge < -0.3 is 24.8 Å². The van der Waals surface area contributed by atoms with Crippen molar-refractivity contribution < 1.29 is 37.3 Å². The van der Waals surface area contributed by atoms with E-state index in [1.165, 1.54) is 13.8 Å². The lowest BCUT2D eigenvalue weighted by Gasteiger charge is -2.48. The van der Waals surface area contributed by atoms with E-state index in [0.717, 1.165) is 46.7 Å². The highest BCUT2D eigenvalue weighted by molar-refractivity contribution is 6.68. The van der Waals surface area contributed by atoms with Gasteiger partial charge in [0.05, 0.1) is 18.7 Å². The monoisotopic (exact) mass is 807 g/mol. The highest BCUT2D eigenvalue weighted by atomic mass is 35.6. The third-order valence-electron chi connectivity index (χ3n) is 10.3.